The molecule has 25 heavy (non-hydrogen) atoms. The topological polar surface area (TPSA) is 68.6 Å². The van der Waals surface area contributed by atoms with Crippen molar-refractivity contribution < 1.29 is 19.0 Å². The van der Waals surface area contributed by atoms with Crippen molar-refractivity contribution in [3.63, 3.8) is 0 Å². The molecule has 0 aliphatic rings. The van der Waals surface area contributed by atoms with Gasteiger partial charge in [0, 0.05) is 11.4 Å². The molecule has 0 spiro atoms. The smallest absolute Gasteiger partial charge is 0.341 e. The monoisotopic (exact) mass is 359 g/mol. The van der Waals surface area contributed by atoms with Crippen LogP contribution in [-0.2, 0) is 11.3 Å². The second kappa shape index (κ2) is 9.55. The first kappa shape index (κ1) is 18.6. The quantitative estimate of drug-likeness (QED) is 0.516. The number of esters is 1. The van der Waals surface area contributed by atoms with Crippen LogP contribution in [0.5, 0.6) is 11.5 Å². The highest BCUT2D eigenvalue weighted by Crippen LogP contribution is 2.26. The number of carbonyl (C=O) groups is 1. The van der Waals surface area contributed by atoms with E-state index >= 15 is 0 Å². The molecule has 2 rings (SSSR count). The van der Waals surface area contributed by atoms with Crippen molar-refractivity contribution in [2.45, 2.75) is 19.4 Å². The van der Waals surface area contributed by atoms with Crippen molar-refractivity contribution in [1.82, 2.24) is 0 Å². The van der Waals surface area contributed by atoms with Gasteiger partial charge in [-0.25, -0.2) is 4.79 Å². The molecule has 0 fully saturated rings. The van der Waals surface area contributed by atoms with Gasteiger partial charge in [-0.15, -0.1) is 0 Å². The van der Waals surface area contributed by atoms with E-state index in [1.54, 1.807) is 24.3 Å². The predicted octanol–water partition coefficient (Wildman–Crippen LogP) is 4.39. The van der Waals surface area contributed by atoms with E-state index in [9.17, 15) is 4.79 Å². The Hall–Kier alpha value is -2.71. The fourth-order valence-corrected chi connectivity index (χ4v) is 2.33. The molecular formula is C19H18ClNO4. The number of benzene rings is 2. The molecule has 0 aliphatic heterocycles. The van der Waals surface area contributed by atoms with E-state index < -0.39 is 5.97 Å². The van der Waals surface area contributed by atoms with E-state index in [2.05, 4.69) is 0 Å². The van der Waals surface area contributed by atoms with Crippen LogP contribution in [0.15, 0.2) is 42.5 Å². The molecule has 0 saturated heterocycles. The normalized spacial score (nSPS) is 9.96. The van der Waals surface area contributed by atoms with E-state index in [1.807, 2.05) is 24.3 Å². The van der Waals surface area contributed by atoms with Gasteiger partial charge in [-0.3, -0.25) is 0 Å². The van der Waals surface area contributed by atoms with Gasteiger partial charge < -0.3 is 14.2 Å². The van der Waals surface area contributed by atoms with Gasteiger partial charge in [0.05, 0.1) is 19.8 Å². The minimum atomic E-state index is -0.511. The first-order valence-electron chi connectivity index (χ1n) is 7.73. The maximum Gasteiger partial charge on any atom is 0.341 e. The van der Waals surface area contributed by atoms with Crippen LogP contribution < -0.4 is 9.47 Å². The molecule has 0 bridgehead atoms. The molecule has 0 saturated carbocycles. The highest BCUT2D eigenvalue weighted by molar-refractivity contribution is 6.30. The number of hydrogen-bond acceptors (Lipinski definition) is 5. The lowest BCUT2D eigenvalue weighted by Crippen LogP contribution is -2.07. The van der Waals surface area contributed by atoms with Gasteiger partial charge in [0.1, 0.15) is 23.7 Å². The molecule has 5 nitrogen and oxygen atoms in total. The van der Waals surface area contributed by atoms with Crippen LogP contribution in [0, 0.1) is 11.3 Å². The lowest BCUT2D eigenvalue weighted by molar-refractivity contribution is 0.0595. The Labute approximate surface area is 151 Å². The zero-order valence-electron chi connectivity index (χ0n) is 13.8. The number of rotatable bonds is 8. The average Bonchev–Trinajstić information content (AvgIpc) is 2.63. The van der Waals surface area contributed by atoms with Crippen LogP contribution >= 0.6 is 11.6 Å². The first-order chi connectivity index (χ1) is 12.1. The molecule has 0 amide bonds. The highest BCUT2D eigenvalue weighted by Gasteiger charge is 2.15. The van der Waals surface area contributed by atoms with Gasteiger partial charge in [0.25, 0.3) is 0 Å². The number of ether oxygens (including phenoxy) is 3. The molecule has 0 atom stereocenters. The second-order valence-corrected chi connectivity index (χ2v) is 5.61. The fourth-order valence-electron chi connectivity index (χ4n) is 2.12. The number of hydrogen-bond donors (Lipinski definition) is 0. The van der Waals surface area contributed by atoms with E-state index in [0.29, 0.717) is 42.6 Å². The Bertz CT molecular complexity index is 770. The maximum absolute atomic E-state index is 12.0. The zero-order chi connectivity index (χ0) is 18.1. The van der Waals surface area contributed by atoms with Gasteiger partial charge >= 0.3 is 5.97 Å². The third kappa shape index (κ3) is 5.70. The first-order valence-corrected chi connectivity index (χ1v) is 8.11. The summed E-state index contributed by atoms with van der Waals surface area (Å²) < 4.78 is 16.1. The molecule has 0 N–H and O–H groups in total. The van der Waals surface area contributed by atoms with E-state index in [0.717, 1.165) is 5.56 Å². The van der Waals surface area contributed by atoms with Crippen LogP contribution in [0.2, 0.25) is 5.02 Å². The summed E-state index contributed by atoms with van der Waals surface area (Å²) in [7, 11) is 1.31. The van der Waals surface area contributed by atoms with Crippen LogP contribution in [0.3, 0.4) is 0 Å². The Morgan fingerprint density at radius 1 is 1.20 bits per heavy atom. The minimum Gasteiger partial charge on any atom is -0.493 e. The SMILES string of the molecule is COC(=O)c1cc(OCc2cccc(Cl)c2)ccc1OCCCC#N. The Balaban J connectivity index is 2.09. The summed E-state index contributed by atoms with van der Waals surface area (Å²) in [5, 5.41) is 9.18. The Morgan fingerprint density at radius 3 is 2.76 bits per heavy atom. The Morgan fingerprint density at radius 2 is 2.04 bits per heavy atom. The summed E-state index contributed by atoms with van der Waals surface area (Å²) in [5.74, 6) is 0.410. The Kier molecular flexibility index (Phi) is 7.12. The van der Waals surface area contributed by atoms with Gasteiger partial charge in [-0.05, 0) is 42.3 Å². The molecule has 0 unspecified atom stereocenters. The summed E-state index contributed by atoms with van der Waals surface area (Å²) >= 11 is 5.95. The van der Waals surface area contributed by atoms with Gasteiger partial charge in [0.15, 0.2) is 0 Å². The van der Waals surface area contributed by atoms with Crippen LogP contribution in [0.4, 0.5) is 0 Å². The maximum atomic E-state index is 12.0. The number of methoxy groups -OCH3 is 1. The third-order valence-electron chi connectivity index (χ3n) is 3.34. The van der Waals surface area contributed by atoms with Gasteiger partial charge in [0.2, 0.25) is 0 Å². The van der Waals surface area contributed by atoms with E-state index in [1.165, 1.54) is 7.11 Å². The number of nitrogens with zero attached hydrogens (tertiary/aromatic N) is 1. The number of nitriles is 1. The van der Waals surface area contributed by atoms with Crippen LogP contribution in [0.1, 0.15) is 28.8 Å². The van der Waals surface area contributed by atoms with E-state index in [4.69, 9.17) is 31.1 Å². The zero-order valence-corrected chi connectivity index (χ0v) is 14.6. The lowest BCUT2D eigenvalue weighted by Gasteiger charge is -2.12. The summed E-state index contributed by atoms with van der Waals surface area (Å²) in [4.78, 5) is 12.0. The second-order valence-electron chi connectivity index (χ2n) is 5.18. The average molecular weight is 360 g/mol. The van der Waals surface area contributed by atoms with Crippen molar-refractivity contribution in [2.75, 3.05) is 13.7 Å². The van der Waals surface area contributed by atoms with Gasteiger partial charge in [-0.2, -0.15) is 5.26 Å². The van der Waals surface area contributed by atoms with Crippen LogP contribution in [0.25, 0.3) is 0 Å². The molecule has 2 aromatic carbocycles. The van der Waals surface area contributed by atoms with Crippen molar-refractivity contribution in [3.8, 4) is 17.6 Å². The predicted molar refractivity (Wildman–Crippen MR) is 93.9 cm³/mol. The summed E-state index contributed by atoms with van der Waals surface area (Å²) in [6, 6.07) is 14.4. The van der Waals surface area contributed by atoms with Crippen molar-refractivity contribution in [3.05, 3.63) is 58.6 Å². The fraction of sp³-hybridized carbons (Fsp3) is 0.263. The molecule has 130 valence electrons. The number of halogens is 1. The van der Waals surface area contributed by atoms with Crippen molar-refractivity contribution in [1.29, 1.82) is 5.26 Å². The number of unbranched alkanes of at least 4 members (excludes halogenated alkanes) is 1. The summed E-state index contributed by atoms with van der Waals surface area (Å²) in [6.45, 7) is 0.670. The third-order valence-corrected chi connectivity index (χ3v) is 3.58. The molecule has 0 radical (unpaired) electrons. The molecule has 0 aliphatic carbocycles. The van der Waals surface area contributed by atoms with Crippen molar-refractivity contribution >= 4 is 17.6 Å². The van der Waals surface area contributed by atoms with Crippen LogP contribution in [-0.4, -0.2) is 19.7 Å². The van der Waals surface area contributed by atoms with Gasteiger partial charge in [-0.1, -0.05) is 23.7 Å². The minimum absolute atomic E-state index is 0.281. The van der Waals surface area contributed by atoms with Crippen molar-refractivity contribution in [2.24, 2.45) is 0 Å². The largest absolute Gasteiger partial charge is 0.493 e. The molecule has 0 aromatic heterocycles. The molecular weight excluding hydrogens is 342 g/mol. The summed E-state index contributed by atoms with van der Waals surface area (Å²) in [6.07, 6.45) is 0.985. The standard InChI is InChI=1S/C19H18ClNO4/c1-23-19(22)17-12-16(7-8-18(17)24-10-3-2-9-21)25-13-14-5-4-6-15(20)11-14/h4-8,11-12H,2-3,10,13H2,1H3. The number of carbonyl (C=O) groups excluding carboxylic acids is 1. The molecule has 6 heteroatoms. The summed E-state index contributed by atoms with van der Waals surface area (Å²) in [5.41, 5.74) is 1.20. The lowest BCUT2D eigenvalue weighted by atomic mass is 10.2. The van der Waals surface area contributed by atoms with E-state index in [-0.39, 0.29) is 5.56 Å². The molecule has 0 heterocycles. The molecule has 2 aromatic rings. The highest BCUT2D eigenvalue weighted by atomic mass is 35.5.